The van der Waals surface area contributed by atoms with Crippen LogP contribution in [0.2, 0.25) is 11.8 Å². The summed E-state index contributed by atoms with van der Waals surface area (Å²) in [6, 6.07) is 8.30. The summed E-state index contributed by atoms with van der Waals surface area (Å²) < 4.78 is 31.1. The Morgan fingerprint density at radius 2 is 2.14 bits per heavy atom. The second kappa shape index (κ2) is 8.43. The van der Waals surface area contributed by atoms with E-state index in [-0.39, 0.29) is 24.6 Å². The summed E-state index contributed by atoms with van der Waals surface area (Å²) in [5.41, 5.74) is 1.28. The Morgan fingerprint density at radius 3 is 2.79 bits per heavy atom. The van der Waals surface area contributed by atoms with Gasteiger partial charge >= 0.3 is 7.05 Å². The molecule has 2 aromatic rings. The lowest BCUT2D eigenvalue weighted by Gasteiger charge is -2.34. The normalized spacial score (nSPS) is 26.0. The first-order valence-corrected chi connectivity index (χ1v) is 9.85. The number of benzene rings is 1. The van der Waals surface area contributed by atoms with Crippen molar-refractivity contribution in [1.82, 2.24) is 15.0 Å². The zero-order chi connectivity index (χ0) is 20.5. The van der Waals surface area contributed by atoms with Gasteiger partial charge in [0.15, 0.2) is 13.0 Å². The molecule has 2 fully saturated rings. The van der Waals surface area contributed by atoms with Gasteiger partial charge in [0.1, 0.15) is 11.9 Å². The number of piperidine rings is 1. The highest BCUT2D eigenvalue weighted by Gasteiger charge is 2.55. The molecule has 0 amide bonds. The van der Waals surface area contributed by atoms with Crippen molar-refractivity contribution in [2.24, 2.45) is 5.92 Å². The van der Waals surface area contributed by atoms with Gasteiger partial charge in [-0.05, 0) is 44.1 Å². The van der Waals surface area contributed by atoms with Crippen LogP contribution in [0, 0.1) is 5.92 Å². The van der Waals surface area contributed by atoms with Gasteiger partial charge in [0, 0.05) is 35.7 Å². The number of alkyl halides is 1. The molecular formula is C19H22BClFN3O4. The van der Waals surface area contributed by atoms with Crippen LogP contribution in [-0.2, 0) is 4.74 Å². The fourth-order valence-electron chi connectivity index (χ4n) is 4.16. The SMILES string of the molecule is COCOc1cc(Cl)ccc1-c1ccc(O[C@@H]2C3CC([C@H]2F)N(B(C)O)C3)nn1. The summed E-state index contributed by atoms with van der Waals surface area (Å²) in [5, 5.41) is 18.6. The summed E-state index contributed by atoms with van der Waals surface area (Å²) in [6.07, 6.45) is -1.07. The highest BCUT2D eigenvalue weighted by Crippen LogP contribution is 2.42. The molecule has 2 bridgehead atoms. The number of methoxy groups -OCH3 is 1. The number of fused-ring (bicyclic) bond motifs is 2. The van der Waals surface area contributed by atoms with Gasteiger partial charge in [-0.2, -0.15) is 0 Å². The zero-order valence-corrected chi connectivity index (χ0v) is 16.9. The molecule has 1 aromatic heterocycles. The lowest BCUT2D eigenvalue weighted by Crippen LogP contribution is -2.53. The Bertz CT molecular complexity index is 858. The van der Waals surface area contributed by atoms with E-state index in [4.69, 9.17) is 25.8 Å². The predicted octanol–water partition coefficient (Wildman–Crippen LogP) is 2.68. The number of ether oxygens (including phenoxy) is 3. The van der Waals surface area contributed by atoms with Gasteiger partial charge in [0.05, 0.1) is 5.69 Å². The molecule has 0 spiro atoms. The average molecular weight is 422 g/mol. The standard InChI is InChI=1S/C19H22BClFN3O4/c1-20(26)25-9-11-7-15(25)18(22)19(11)29-17-6-5-14(23-24-17)13-4-3-12(21)8-16(13)28-10-27-2/h3-6,8,11,15,18-19,26H,7,9-10H2,1-2H3/t11?,15?,18-,19-/m1/s1. The van der Waals surface area contributed by atoms with E-state index in [2.05, 4.69) is 10.2 Å². The van der Waals surface area contributed by atoms with Crippen molar-refractivity contribution in [3.05, 3.63) is 35.4 Å². The number of nitrogens with zero attached hydrogens (tertiary/aromatic N) is 3. The summed E-state index contributed by atoms with van der Waals surface area (Å²) in [4.78, 5) is 1.78. The predicted molar refractivity (Wildman–Crippen MR) is 107 cm³/mol. The van der Waals surface area contributed by atoms with Crippen LogP contribution >= 0.6 is 11.6 Å². The number of rotatable bonds is 7. The molecule has 4 atom stereocenters. The molecular weight excluding hydrogens is 399 g/mol. The van der Waals surface area contributed by atoms with E-state index in [9.17, 15) is 9.41 Å². The molecule has 10 heteroatoms. The largest absolute Gasteiger partial charge is 0.470 e. The molecule has 4 rings (SSSR count). The lowest BCUT2D eigenvalue weighted by molar-refractivity contribution is 0.0334. The summed E-state index contributed by atoms with van der Waals surface area (Å²) in [7, 11) is 0.877. The monoisotopic (exact) mass is 421 g/mol. The van der Waals surface area contributed by atoms with Gasteiger partial charge < -0.3 is 24.0 Å². The third-order valence-corrected chi connectivity index (χ3v) is 5.73. The molecule has 2 heterocycles. The van der Waals surface area contributed by atoms with Crippen molar-refractivity contribution >= 4 is 18.7 Å². The first-order valence-electron chi connectivity index (χ1n) is 9.48. The molecule has 1 N–H and O–H groups in total. The minimum absolute atomic E-state index is 0.0244. The minimum Gasteiger partial charge on any atom is -0.470 e. The van der Waals surface area contributed by atoms with Crippen molar-refractivity contribution in [1.29, 1.82) is 0 Å². The lowest BCUT2D eigenvalue weighted by atomic mass is 9.82. The van der Waals surface area contributed by atoms with Gasteiger partial charge in [-0.3, -0.25) is 0 Å². The van der Waals surface area contributed by atoms with Gasteiger partial charge in [0.2, 0.25) is 5.88 Å². The van der Waals surface area contributed by atoms with Crippen molar-refractivity contribution in [2.75, 3.05) is 20.4 Å². The molecule has 29 heavy (non-hydrogen) atoms. The second-order valence-electron chi connectivity index (χ2n) is 7.37. The van der Waals surface area contributed by atoms with Crippen LogP contribution in [0.25, 0.3) is 11.3 Å². The third kappa shape index (κ3) is 4.05. The van der Waals surface area contributed by atoms with Gasteiger partial charge in [0.25, 0.3) is 0 Å². The quantitative estimate of drug-likeness (QED) is 0.544. The van der Waals surface area contributed by atoms with Crippen LogP contribution < -0.4 is 9.47 Å². The first-order chi connectivity index (χ1) is 14.0. The van der Waals surface area contributed by atoms with Crippen molar-refractivity contribution in [3.63, 3.8) is 0 Å². The van der Waals surface area contributed by atoms with E-state index in [0.717, 1.165) is 0 Å². The maximum absolute atomic E-state index is 14.8. The Balaban J connectivity index is 1.47. The minimum atomic E-state index is -1.17. The van der Waals surface area contributed by atoms with Crippen LogP contribution in [0.1, 0.15) is 6.42 Å². The number of hydrogen-bond donors (Lipinski definition) is 1. The molecule has 1 saturated heterocycles. The van der Waals surface area contributed by atoms with E-state index in [0.29, 0.717) is 35.0 Å². The van der Waals surface area contributed by atoms with Crippen LogP contribution in [-0.4, -0.2) is 65.8 Å². The Hall–Kier alpha value is -1.94. The maximum Gasteiger partial charge on any atom is 0.376 e. The molecule has 0 radical (unpaired) electrons. The Kier molecular flexibility index (Phi) is 5.92. The second-order valence-corrected chi connectivity index (χ2v) is 7.80. The number of hydrogen-bond acceptors (Lipinski definition) is 7. The van der Waals surface area contributed by atoms with E-state index < -0.39 is 19.3 Å². The number of aromatic nitrogens is 2. The zero-order valence-electron chi connectivity index (χ0n) is 16.2. The van der Waals surface area contributed by atoms with Gasteiger partial charge in [-0.25, -0.2) is 4.39 Å². The fourth-order valence-corrected chi connectivity index (χ4v) is 4.32. The van der Waals surface area contributed by atoms with E-state index >= 15 is 0 Å². The van der Waals surface area contributed by atoms with E-state index in [1.807, 2.05) is 0 Å². The molecule has 2 unspecified atom stereocenters. The molecule has 154 valence electrons. The summed E-state index contributed by atoms with van der Waals surface area (Å²) in [5.74, 6) is 0.819. The van der Waals surface area contributed by atoms with Gasteiger partial charge in [-0.1, -0.05) is 11.6 Å². The van der Waals surface area contributed by atoms with Crippen molar-refractivity contribution in [3.8, 4) is 22.9 Å². The highest BCUT2D eigenvalue weighted by atomic mass is 35.5. The molecule has 1 aromatic carbocycles. The third-order valence-electron chi connectivity index (χ3n) is 5.49. The topological polar surface area (TPSA) is 76.9 Å². The van der Waals surface area contributed by atoms with Crippen LogP contribution in [0.4, 0.5) is 4.39 Å². The first kappa shape index (κ1) is 20.3. The van der Waals surface area contributed by atoms with Crippen molar-refractivity contribution in [2.45, 2.75) is 31.6 Å². The Morgan fingerprint density at radius 1 is 1.31 bits per heavy atom. The molecule has 2 aliphatic rings. The molecule has 1 saturated carbocycles. The van der Waals surface area contributed by atoms with Crippen LogP contribution in [0.5, 0.6) is 11.6 Å². The summed E-state index contributed by atoms with van der Waals surface area (Å²) in [6.45, 7) is 2.35. The van der Waals surface area contributed by atoms with Crippen molar-refractivity contribution < 1.29 is 23.6 Å². The average Bonchev–Trinajstić information content (AvgIpc) is 3.27. The molecule has 7 nitrogen and oxygen atoms in total. The van der Waals surface area contributed by atoms with Gasteiger partial charge in [-0.15, -0.1) is 10.2 Å². The maximum atomic E-state index is 14.8. The van der Waals surface area contributed by atoms with E-state index in [1.54, 1.807) is 42.0 Å². The number of halogens is 2. The summed E-state index contributed by atoms with van der Waals surface area (Å²) >= 11 is 6.05. The van der Waals surface area contributed by atoms with E-state index in [1.165, 1.54) is 7.11 Å². The highest BCUT2D eigenvalue weighted by molar-refractivity contribution is 6.45. The molecule has 1 aliphatic heterocycles. The fraction of sp³-hybridized carbons (Fsp3) is 0.474. The smallest absolute Gasteiger partial charge is 0.376 e. The van der Waals surface area contributed by atoms with Crippen LogP contribution in [0.3, 0.4) is 0 Å². The molecule has 1 aliphatic carbocycles. The van der Waals surface area contributed by atoms with Crippen LogP contribution in [0.15, 0.2) is 30.3 Å². The Labute approximate surface area is 173 Å².